The fraction of sp³-hybridized carbons (Fsp3) is 0.545. The molecule has 2 unspecified atom stereocenters. The molecular weight excluding hydrogens is 338 g/mol. The molecule has 0 N–H and O–H groups in total. The number of likely N-dealkylation sites (tertiary alicyclic amines) is 2. The van der Waals surface area contributed by atoms with E-state index in [9.17, 15) is 4.79 Å². The summed E-state index contributed by atoms with van der Waals surface area (Å²) in [6, 6.07) is 10.7. The Kier molecular flexibility index (Phi) is 5.30. The molecule has 2 aromatic rings. The van der Waals surface area contributed by atoms with Crippen molar-refractivity contribution < 1.29 is 9.53 Å². The van der Waals surface area contributed by atoms with Crippen molar-refractivity contribution in [2.75, 3.05) is 26.7 Å². The molecule has 5 nitrogen and oxygen atoms in total. The number of ether oxygens (including phenoxy) is 1. The molecule has 0 saturated carbocycles. The van der Waals surface area contributed by atoms with Crippen LogP contribution in [-0.4, -0.2) is 59.5 Å². The van der Waals surface area contributed by atoms with Crippen LogP contribution in [0.25, 0.3) is 10.9 Å². The molecule has 0 bridgehead atoms. The molecule has 0 radical (unpaired) electrons. The van der Waals surface area contributed by atoms with Gasteiger partial charge in [0, 0.05) is 24.0 Å². The molecular formula is C22H29N3O2. The molecule has 144 valence electrons. The van der Waals surface area contributed by atoms with Gasteiger partial charge in [0.1, 0.15) is 11.4 Å². The summed E-state index contributed by atoms with van der Waals surface area (Å²) in [5.41, 5.74) is 1.38. The standard InChI is InChI=1S/C22H29N3O2/c1-16-5-3-13-25(16)22(26)21-9-7-17-15-19(8-10-20(17)23-21)27-14-11-18-6-4-12-24(18)2/h7-10,15-16,18H,3-6,11-14H2,1-2H3. The summed E-state index contributed by atoms with van der Waals surface area (Å²) in [5.74, 6) is 0.917. The molecule has 27 heavy (non-hydrogen) atoms. The van der Waals surface area contributed by atoms with Crippen LogP contribution in [0.5, 0.6) is 5.75 Å². The van der Waals surface area contributed by atoms with E-state index in [-0.39, 0.29) is 5.91 Å². The molecule has 1 aromatic heterocycles. The van der Waals surface area contributed by atoms with Gasteiger partial charge < -0.3 is 14.5 Å². The van der Waals surface area contributed by atoms with Crippen LogP contribution in [0, 0.1) is 0 Å². The van der Waals surface area contributed by atoms with Crippen molar-refractivity contribution in [3.8, 4) is 5.75 Å². The van der Waals surface area contributed by atoms with Gasteiger partial charge in [-0.15, -0.1) is 0 Å². The third-order valence-corrected chi connectivity index (χ3v) is 6.08. The first-order valence-electron chi connectivity index (χ1n) is 10.2. The van der Waals surface area contributed by atoms with Crippen LogP contribution in [-0.2, 0) is 0 Å². The van der Waals surface area contributed by atoms with E-state index >= 15 is 0 Å². The number of benzene rings is 1. The van der Waals surface area contributed by atoms with Crippen LogP contribution in [0.2, 0.25) is 0 Å². The minimum atomic E-state index is 0.0444. The van der Waals surface area contributed by atoms with E-state index in [0.29, 0.717) is 17.8 Å². The topological polar surface area (TPSA) is 45.7 Å². The summed E-state index contributed by atoms with van der Waals surface area (Å²) < 4.78 is 5.97. The number of aromatic nitrogens is 1. The molecule has 2 saturated heterocycles. The van der Waals surface area contributed by atoms with Gasteiger partial charge in [0.05, 0.1) is 12.1 Å². The quantitative estimate of drug-likeness (QED) is 0.808. The second-order valence-electron chi connectivity index (χ2n) is 7.95. The fourth-order valence-corrected chi connectivity index (χ4v) is 4.35. The number of carbonyl (C=O) groups excluding carboxylic acids is 1. The van der Waals surface area contributed by atoms with Gasteiger partial charge >= 0.3 is 0 Å². The van der Waals surface area contributed by atoms with Crippen molar-refractivity contribution >= 4 is 16.8 Å². The lowest BCUT2D eigenvalue weighted by Crippen LogP contribution is -2.34. The van der Waals surface area contributed by atoms with Gasteiger partial charge in [-0.25, -0.2) is 4.98 Å². The zero-order chi connectivity index (χ0) is 18.8. The Morgan fingerprint density at radius 2 is 2.04 bits per heavy atom. The maximum Gasteiger partial charge on any atom is 0.272 e. The number of hydrogen-bond donors (Lipinski definition) is 0. The lowest BCUT2D eigenvalue weighted by atomic mass is 10.1. The third-order valence-electron chi connectivity index (χ3n) is 6.08. The summed E-state index contributed by atoms with van der Waals surface area (Å²) >= 11 is 0. The molecule has 1 amide bonds. The van der Waals surface area contributed by atoms with E-state index in [1.54, 1.807) is 0 Å². The summed E-state index contributed by atoms with van der Waals surface area (Å²) in [6.07, 6.45) is 5.79. The Labute approximate surface area is 161 Å². The minimum absolute atomic E-state index is 0.0444. The van der Waals surface area contributed by atoms with Crippen molar-refractivity contribution in [2.24, 2.45) is 0 Å². The second kappa shape index (κ2) is 7.85. The number of amides is 1. The van der Waals surface area contributed by atoms with Crippen LogP contribution < -0.4 is 4.74 Å². The molecule has 4 rings (SSSR count). The van der Waals surface area contributed by atoms with E-state index < -0.39 is 0 Å². The van der Waals surface area contributed by atoms with E-state index in [1.165, 1.54) is 19.4 Å². The highest BCUT2D eigenvalue weighted by molar-refractivity contribution is 5.95. The normalized spacial score (nSPS) is 23.3. The lowest BCUT2D eigenvalue weighted by Gasteiger charge is -2.21. The summed E-state index contributed by atoms with van der Waals surface area (Å²) in [5, 5.41) is 1.01. The monoisotopic (exact) mass is 367 g/mol. The summed E-state index contributed by atoms with van der Waals surface area (Å²) in [4.78, 5) is 21.7. The molecule has 2 aliphatic heterocycles. The number of hydrogen-bond acceptors (Lipinski definition) is 4. The Bertz CT molecular complexity index is 822. The van der Waals surface area contributed by atoms with Crippen molar-refractivity contribution in [1.82, 2.24) is 14.8 Å². The molecule has 3 heterocycles. The summed E-state index contributed by atoms with van der Waals surface area (Å²) in [6.45, 7) is 4.88. The highest BCUT2D eigenvalue weighted by Gasteiger charge is 2.26. The minimum Gasteiger partial charge on any atom is -0.494 e. The van der Waals surface area contributed by atoms with E-state index in [2.05, 4.69) is 23.9 Å². The van der Waals surface area contributed by atoms with Crippen LogP contribution in [0.15, 0.2) is 30.3 Å². The zero-order valence-electron chi connectivity index (χ0n) is 16.4. The highest BCUT2D eigenvalue weighted by Crippen LogP contribution is 2.24. The SMILES string of the molecule is CC1CCCN1C(=O)c1ccc2cc(OCCC3CCCN3C)ccc2n1. The van der Waals surface area contributed by atoms with Gasteiger partial charge in [0.2, 0.25) is 0 Å². The Balaban J connectivity index is 1.41. The molecule has 0 spiro atoms. The predicted octanol–water partition coefficient (Wildman–Crippen LogP) is 3.72. The smallest absolute Gasteiger partial charge is 0.272 e. The first-order valence-corrected chi connectivity index (χ1v) is 10.2. The second-order valence-corrected chi connectivity index (χ2v) is 7.95. The number of carbonyl (C=O) groups is 1. The average Bonchev–Trinajstić information content (AvgIpc) is 3.29. The van der Waals surface area contributed by atoms with Gasteiger partial charge in [-0.05, 0) is 76.9 Å². The Hall–Kier alpha value is -2.14. The van der Waals surface area contributed by atoms with Crippen molar-refractivity contribution in [1.29, 1.82) is 0 Å². The van der Waals surface area contributed by atoms with Crippen molar-refractivity contribution in [3.63, 3.8) is 0 Å². The molecule has 5 heteroatoms. The number of pyridine rings is 1. The molecule has 1 aromatic carbocycles. The molecule has 2 atom stereocenters. The molecule has 2 fully saturated rings. The van der Waals surface area contributed by atoms with Gasteiger partial charge in [0.25, 0.3) is 5.91 Å². The van der Waals surface area contributed by atoms with Gasteiger partial charge in [0.15, 0.2) is 0 Å². The fourth-order valence-electron chi connectivity index (χ4n) is 4.35. The number of fused-ring (bicyclic) bond motifs is 1. The lowest BCUT2D eigenvalue weighted by molar-refractivity contribution is 0.0742. The predicted molar refractivity (Wildman–Crippen MR) is 107 cm³/mol. The molecule has 2 aliphatic rings. The zero-order valence-corrected chi connectivity index (χ0v) is 16.4. The van der Waals surface area contributed by atoms with Crippen LogP contribution >= 0.6 is 0 Å². The van der Waals surface area contributed by atoms with Crippen molar-refractivity contribution in [3.05, 3.63) is 36.0 Å². The average molecular weight is 367 g/mol. The van der Waals surface area contributed by atoms with Crippen LogP contribution in [0.3, 0.4) is 0 Å². The van der Waals surface area contributed by atoms with E-state index in [4.69, 9.17) is 4.74 Å². The highest BCUT2D eigenvalue weighted by atomic mass is 16.5. The van der Waals surface area contributed by atoms with Gasteiger partial charge in [-0.1, -0.05) is 6.07 Å². The summed E-state index contributed by atoms with van der Waals surface area (Å²) in [7, 11) is 2.20. The van der Waals surface area contributed by atoms with Gasteiger partial charge in [-0.2, -0.15) is 0 Å². The number of nitrogens with zero attached hydrogens (tertiary/aromatic N) is 3. The van der Waals surface area contributed by atoms with Gasteiger partial charge in [-0.3, -0.25) is 4.79 Å². The maximum atomic E-state index is 12.7. The van der Waals surface area contributed by atoms with Crippen LogP contribution in [0.4, 0.5) is 0 Å². The Morgan fingerprint density at radius 3 is 2.78 bits per heavy atom. The van der Waals surface area contributed by atoms with Crippen LogP contribution in [0.1, 0.15) is 49.5 Å². The first-order chi connectivity index (χ1) is 13.1. The largest absolute Gasteiger partial charge is 0.494 e. The van der Waals surface area contributed by atoms with E-state index in [0.717, 1.165) is 49.1 Å². The number of rotatable bonds is 5. The third kappa shape index (κ3) is 3.93. The molecule has 0 aliphatic carbocycles. The maximum absolute atomic E-state index is 12.7. The van der Waals surface area contributed by atoms with Crippen molar-refractivity contribution in [2.45, 2.75) is 51.1 Å². The van der Waals surface area contributed by atoms with E-state index in [1.807, 2.05) is 35.2 Å². The first kappa shape index (κ1) is 18.2. The Morgan fingerprint density at radius 1 is 1.19 bits per heavy atom.